The largest absolute Gasteiger partial charge is 0.508 e. The van der Waals surface area contributed by atoms with E-state index in [-0.39, 0.29) is 6.61 Å². The Morgan fingerprint density at radius 1 is 1.56 bits per heavy atom. The van der Waals surface area contributed by atoms with Gasteiger partial charge in [0.1, 0.15) is 0 Å². The van der Waals surface area contributed by atoms with E-state index in [1.807, 2.05) is 6.92 Å². The minimum atomic E-state index is -0.633. The van der Waals surface area contributed by atoms with Gasteiger partial charge in [-0.1, -0.05) is 6.92 Å². The van der Waals surface area contributed by atoms with E-state index in [2.05, 4.69) is 16.4 Å². The monoisotopic (exact) mass is 131 g/mol. The van der Waals surface area contributed by atoms with E-state index in [0.717, 1.165) is 6.42 Å². The zero-order valence-corrected chi connectivity index (χ0v) is 5.55. The van der Waals surface area contributed by atoms with E-state index in [1.54, 1.807) is 0 Å². The fourth-order valence-electron chi connectivity index (χ4n) is 0.310. The minimum absolute atomic E-state index is 0.128. The molecule has 0 unspecified atom stereocenters. The summed E-state index contributed by atoms with van der Waals surface area (Å²) in [4.78, 5) is 10.3. The molecule has 0 atom stereocenters. The maximum Gasteiger partial charge on any atom is 0.508 e. The van der Waals surface area contributed by atoms with E-state index in [0.29, 0.717) is 6.61 Å². The first-order chi connectivity index (χ1) is 4.31. The number of ether oxygens (including phenoxy) is 2. The van der Waals surface area contributed by atoms with Crippen LogP contribution in [0.2, 0.25) is 0 Å². The van der Waals surface area contributed by atoms with Crippen LogP contribution in [0, 0.1) is 6.92 Å². The Morgan fingerprint density at radius 2 is 2.22 bits per heavy atom. The highest BCUT2D eigenvalue weighted by Gasteiger charge is 1.97. The second-order valence-electron chi connectivity index (χ2n) is 1.45. The molecule has 53 valence electrons. The molecule has 0 fully saturated rings. The molecule has 0 N–H and O–H groups in total. The quantitative estimate of drug-likeness (QED) is 0.543. The van der Waals surface area contributed by atoms with Gasteiger partial charge in [0, 0.05) is 0 Å². The molecule has 0 heterocycles. The first kappa shape index (κ1) is 8.27. The molecule has 0 spiro atoms. The van der Waals surface area contributed by atoms with Crippen molar-refractivity contribution in [1.82, 2.24) is 0 Å². The minimum Gasteiger partial charge on any atom is -0.434 e. The highest BCUT2D eigenvalue weighted by atomic mass is 16.7. The van der Waals surface area contributed by atoms with Gasteiger partial charge in [-0.2, -0.15) is 0 Å². The Balaban J connectivity index is 3.06. The Labute approximate surface area is 55.0 Å². The molecule has 1 radical (unpaired) electrons. The van der Waals surface area contributed by atoms with Crippen molar-refractivity contribution in [2.24, 2.45) is 0 Å². The number of rotatable bonds is 3. The highest BCUT2D eigenvalue weighted by Crippen LogP contribution is 1.85. The van der Waals surface area contributed by atoms with Gasteiger partial charge in [-0.3, -0.25) is 0 Å². The van der Waals surface area contributed by atoms with Crippen molar-refractivity contribution in [3.05, 3.63) is 6.92 Å². The Bertz CT molecular complexity index is 80.4. The summed E-state index contributed by atoms with van der Waals surface area (Å²) in [6, 6.07) is 0. The van der Waals surface area contributed by atoms with Crippen LogP contribution in [-0.2, 0) is 9.47 Å². The van der Waals surface area contributed by atoms with Crippen molar-refractivity contribution in [1.29, 1.82) is 0 Å². The van der Waals surface area contributed by atoms with Crippen molar-refractivity contribution in [3.63, 3.8) is 0 Å². The van der Waals surface area contributed by atoms with Crippen LogP contribution in [0.5, 0.6) is 0 Å². The predicted octanol–water partition coefficient (Wildman–Crippen LogP) is 1.38. The van der Waals surface area contributed by atoms with Crippen LogP contribution in [0.1, 0.15) is 13.3 Å². The lowest BCUT2D eigenvalue weighted by Gasteiger charge is -2.00. The zero-order chi connectivity index (χ0) is 7.11. The lowest BCUT2D eigenvalue weighted by atomic mass is 10.5. The second-order valence-corrected chi connectivity index (χ2v) is 1.45. The molecule has 3 nitrogen and oxygen atoms in total. The normalized spacial score (nSPS) is 8.67. The summed E-state index contributed by atoms with van der Waals surface area (Å²) in [6.07, 6.45) is 0.179. The molecule has 0 bridgehead atoms. The molecule has 0 aromatic rings. The Morgan fingerprint density at radius 3 is 2.67 bits per heavy atom. The van der Waals surface area contributed by atoms with Crippen molar-refractivity contribution >= 4 is 6.16 Å². The van der Waals surface area contributed by atoms with Crippen LogP contribution in [0.3, 0.4) is 0 Å². The summed E-state index contributed by atoms with van der Waals surface area (Å²) in [5, 5.41) is 0. The third-order valence-corrected chi connectivity index (χ3v) is 0.644. The third kappa shape index (κ3) is 5.14. The van der Waals surface area contributed by atoms with E-state index in [1.165, 1.54) is 0 Å². The summed E-state index contributed by atoms with van der Waals surface area (Å²) in [7, 11) is 0. The maximum absolute atomic E-state index is 10.3. The topological polar surface area (TPSA) is 35.5 Å². The van der Waals surface area contributed by atoms with Gasteiger partial charge in [0.25, 0.3) is 0 Å². The van der Waals surface area contributed by atoms with Gasteiger partial charge in [-0.05, 0) is 13.3 Å². The molecule has 0 aromatic carbocycles. The Hall–Kier alpha value is -0.730. The van der Waals surface area contributed by atoms with Gasteiger partial charge in [0.2, 0.25) is 0 Å². The van der Waals surface area contributed by atoms with Crippen LogP contribution in [0.25, 0.3) is 0 Å². The van der Waals surface area contributed by atoms with Crippen molar-refractivity contribution in [2.45, 2.75) is 13.3 Å². The molecule has 0 aliphatic carbocycles. The van der Waals surface area contributed by atoms with E-state index in [9.17, 15) is 4.79 Å². The molecule has 0 saturated carbocycles. The smallest absolute Gasteiger partial charge is 0.434 e. The molecular formula is C6H11O3. The summed E-state index contributed by atoms with van der Waals surface area (Å²) >= 11 is 0. The predicted molar refractivity (Wildman–Crippen MR) is 32.9 cm³/mol. The average Bonchev–Trinajstić information content (AvgIpc) is 1.85. The van der Waals surface area contributed by atoms with Gasteiger partial charge in [0.15, 0.2) is 0 Å². The zero-order valence-electron chi connectivity index (χ0n) is 5.55. The Kier molecular flexibility index (Phi) is 4.97. The average molecular weight is 131 g/mol. The van der Waals surface area contributed by atoms with Gasteiger partial charge < -0.3 is 9.47 Å². The van der Waals surface area contributed by atoms with E-state index >= 15 is 0 Å². The van der Waals surface area contributed by atoms with Crippen LogP contribution < -0.4 is 0 Å². The lowest BCUT2D eigenvalue weighted by Crippen LogP contribution is -2.07. The molecule has 9 heavy (non-hydrogen) atoms. The fraction of sp³-hybridized carbons (Fsp3) is 0.667. The van der Waals surface area contributed by atoms with Crippen LogP contribution in [0.4, 0.5) is 4.79 Å². The SMILES string of the molecule is [CH2]COC(=O)OCCC. The lowest BCUT2D eigenvalue weighted by molar-refractivity contribution is 0.0630. The molecule has 0 saturated heterocycles. The molecule has 0 aliphatic heterocycles. The molecule has 3 heteroatoms. The summed E-state index contributed by atoms with van der Waals surface area (Å²) in [5.41, 5.74) is 0. The molecule has 0 rings (SSSR count). The molecule has 0 amide bonds. The van der Waals surface area contributed by atoms with Crippen molar-refractivity contribution in [2.75, 3.05) is 13.2 Å². The summed E-state index contributed by atoms with van der Waals surface area (Å²) in [6.45, 7) is 5.77. The van der Waals surface area contributed by atoms with Gasteiger partial charge >= 0.3 is 6.16 Å². The molecule has 0 aromatic heterocycles. The van der Waals surface area contributed by atoms with Crippen LogP contribution >= 0.6 is 0 Å². The number of carbonyl (C=O) groups is 1. The van der Waals surface area contributed by atoms with E-state index in [4.69, 9.17) is 0 Å². The van der Waals surface area contributed by atoms with Gasteiger partial charge in [-0.15, -0.1) is 0 Å². The first-order valence-corrected chi connectivity index (χ1v) is 2.90. The first-order valence-electron chi connectivity index (χ1n) is 2.90. The van der Waals surface area contributed by atoms with Crippen molar-refractivity contribution in [3.8, 4) is 0 Å². The maximum atomic E-state index is 10.3. The van der Waals surface area contributed by atoms with Gasteiger partial charge in [0.05, 0.1) is 13.2 Å². The van der Waals surface area contributed by atoms with Crippen LogP contribution in [0.15, 0.2) is 0 Å². The molecule has 0 aliphatic rings. The van der Waals surface area contributed by atoms with E-state index < -0.39 is 6.16 Å². The third-order valence-electron chi connectivity index (χ3n) is 0.644. The van der Waals surface area contributed by atoms with Gasteiger partial charge in [-0.25, -0.2) is 4.79 Å². The number of hydrogen-bond donors (Lipinski definition) is 0. The van der Waals surface area contributed by atoms with Crippen molar-refractivity contribution < 1.29 is 14.3 Å². The number of carbonyl (C=O) groups excluding carboxylic acids is 1. The second kappa shape index (κ2) is 5.41. The fourth-order valence-corrected chi connectivity index (χ4v) is 0.310. The number of hydrogen-bond acceptors (Lipinski definition) is 3. The standard InChI is InChI=1S/C6H11O3/c1-3-5-9-6(7)8-4-2/h2-5H2,1H3. The summed E-state index contributed by atoms with van der Waals surface area (Å²) < 4.78 is 8.90. The van der Waals surface area contributed by atoms with Crippen LogP contribution in [-0.4, -0.2) is 19.4 Å². The molecular weight excluding hydrogens is 120 g/mol. The summed E-state index contributed by atoms with van der Waals surface area (Å²) in [5.74, 6) is 0. The highest BCUT2D eigenvalue weighted by molar-refractivity contribution is 5.59.